The van der Waals surface area contributed by atoms with E-state index >= 15 is 0 Å². The summed E-state index contributed by atoms with van der Waals surface area (Å²) in [5.41, 5.74) is 0. The van der Waals surface area contributed by atoms with Crippen molar-refractivity contribution in [3.05, 3.63) is 0 Å². The molecular formula is C22H41BrO2. The molecule has 0 fully saturated rings. The summed E-state index contributed by atoms with van der Waals surface area (Å²) >= 11 is 3.21. The topological polar surface area (TPSA) is 26.3 Å². The number of rotatable bonds is 13. The molecule has 1 unspecified atom stereocenters. The van der Waals surface area contributed by atoms with E-state index in [-0.39, 0.29) is 19.2 Å². The third-order valence-electron chi connectivity index (χ3n) is 3.97. The summed E-state index contributed by atoms with van der Waals surface area (Å²) in [5, 5.41) is 0. The minimum absolute atomic E-state index is 0. The van der Waals surface area contributed by atoms with Crippen LogP contribution in [0, 0.1) is 36.0 Å². The highest BCUT2D eigenvalue weighted by molar-refractivity contribution is 9.10. The third-order valence-corrected chi connectivity index (χ3v) is 4.57. The van der Waals surface area contributed by atoms with Gasteiger partial charge < -0.3 is 4.74 Å². The van der Waals surface area contributed by atoms with Crippen LogP contribution < -0.4 is 0 Å². The Morgan fingerprint density at radius 3 is 2.16 bits per heavy atom. The first-order valence-corrected chi connectivity index (χ1v) is 10.4. The van der Waals surface area contributed by atoms with Crippen molar-refractivity contribution in [2.45, 2.75) is 95.4 Å². The Balaban J connectivity index is -0.000000288. The molecule has 0 saturated heterocycles. The lowest BCUT2D eigenvalue weighted by molar-refractivity contribution is -0.147. The van der Waals surface area contributed by atoms with Crippen LogP contribution in [-0.4, -0.2) is 16.9 Å². The molecule has 148 valence electrons. The van der Waals surface area contributed by atoms with Crippen LogP contribution in [0.3, 0.4) is 0 Å². The van der Waals surface area contributed by atoms with Gasteiger partial charge in [-0.1, -0.05) is 87.1 Å². The van der Waals surface area contributed by atoms with Gasteiger partial charge in [-0.3, -0.25) is 0 Å². The lowest BCUT2D eigenvalue weighted by Crippen LogP contribution is -2.23. The molecule has 0 aliphatic rings. The molecule has 0 bridgehead atoms. The highest BCUT2D eigenvalue weighted by Gasteiger charge is 2.18. The Kier molecular flexibility index (Phi) is 16.5. The van der Waals surface area contributed by atoms with E-state index < -0.39 is 4.83 Å². The molecule has 0 rings (SSSR count). The molecule has 3 heteroatoms. The molecular weight excluding hydrogens is 376 g/mol. The molecule has 0 N–H and O–H groups in total. The number of terminal acetylenes is 1. The van der Waals surface area contributed by atoms with Crippen LogP contribution in [-0.2, 0) is 9.53 Å². The van der Waals surface area contributed by atoms with E-state index in [0.717, 1.165) is 19.3 Å². The summed E-state index contributed by atoms with van der Waals surface area (Å²) in [6.45, 7) is 4.29. The van der Waals surface area contributed by atoms with Crippen LogP contribution in [0.2, 0.25) is 0 Å². The number of ether oxygens (including phenoxy) is 1. The van der Waals surface area contributed by atoms with Crippen molar-refractivity contribution in [1.29, 1.82) is 0 Å². The van der Waals surface area contributed by atoms with Gasteiger partial charge in [0.25, 0.3) is 0 Å². The largest absolute Gasteiger partial charge is 0.461 e. The monoisotopic (exact) mass is 416 g/mol. The molecule has 0 heterocycles. The number of unbranched alkanes of at least 4 members (excludes halogenated alkanes) is 8. The molecule has 0 amide bonds. The SMILES string of the molecule is C#CC#CC#CC(Br)C(=O)O[C@@H](CC)CCCCCCCCCCC.[HH].[HH].[HH].[HH].[HH]. The Morgan fingerprint density at radius 1 is 1.00 bits per heavy atom. The van der Waals surface area contributed by atoms with Gasteiger partial charge in [-0.05, 0) is 42.9 Å². The van der Waals surface area contributed by atoms with Crippen LogP contribution in [0.1, 0.15) is 91.6 Å². The standard InChI is InChI=1S/C22H31BrO2.5H2/c1-4-7-9-11-12-13-14-15-16-18-20(6-3)25-22(24)21(23)19-17-10-8-5-2;;;;;/h2,20-21H,4,6-7,9,11-16,18H2,1,3H3;5*1H/t20-,21?;;;;;/m0...../s1. The zero-order valence-corrected chi connectivity index (χ0v) is 17.3. The number of carbonyl (C=O) groups is 1. The average Bonchev–Trinajstić information content (AvgIpc) is 2.62. The number of carbonyl (C=O) groups excluding carboxylic acids is 1. The summed E-state index contributed by atoms with van der Waals surface area (Å²) in [6.07, 6.45) is 18.4. The second-order valence-electron chi connectivity index (χ2n) is 6.11. The molecule has 0 aliphatic carbocycles. The first kappa shape index (κ1) is 23.6. The van der Waals surface area contributed by atoms with E-state index in [0.29, 0.717) is 0 Å². The first-order chi connectivity index (χ1) is 12.2. The Bertz CT molecular complexity index is 530. The third kappa shape index (κ3) is 14.7. The van der Waals surface area contributed by atoms with Gasteiger partial charge in [-0.2, -0.15) is 0 Å². The molecule has 2 atom stereocenters. The second-order valence-corrected chi connectivity index (χ2v) is 7.03. The van der Waals surface area contributed by atoms with Crippen molar-refractivity contribution in [2.24, 2.45) is 0 Å². The van der Waals surface area contributed by atoms with Crippen molar-refractivity contribution in [3.8, 4) is 36.0 Å². The molecule has 0 aromatic heterocycles. The Hall–Kier alpha value is -1.37. The van der Waals surface area contributed by atoms with E-state index in [1.54, 1.807) is 0 Å². The van der Waals surface area contributed by atoms with Crippen LogP contribution in [0.15, 0.2) is 0 Å². The fourth-order valence-electron chi connectivity index (χ4n) is 2.48. The average molecular weight is 417 g/mol. The highest BCUT2D eigenvalue weighted by atomic mass is 79.9. The van der Waals surface area contributed by atoms with Gasteiger partial charge in [0, 0.05) is 7.13 Å². The fourth-order valence-corrected chi connectivity index (χ4v) is 2.70. The predicted octanol–water partition coefficient (Wildman–Crippen LogP) is 6.86. The molecule has 0 spiro atoms. The quantitative estimate of drug-likeness (QED) is 0.142. The number of hydrogen-bond donors (Lipinski definition) is 0. The van der Waals surface area contributed by atoms with Crippen molar-refractivity contribution in [2.75, 3.05) is 0 Å². The number of alkyl halides is 1. The fraction of sp³-hybridized carbons (Fsp3) is 0.682. The van der Waals surface area contributed by atoms with Gasteiger partial charge in [-0.15, -0.1) is 6.42 Å². The van der Waals surface area contributed by atoms with Gasteiger partial charge in [0.1, 0.15) is 6.10 Å². The van der Waals surface area contributed by atoms with E-state index in [9.17, 15) is 4.79 Å². The van der Waals surface area contributed by atoms with Crippen LogP contribution in [0.25, 0.3) is 0 Å². The maximum atomic E-state index is 12.0. The zero-order valence-electron chi connectivity index (χ0n) is 15.7. The predicted molar refractivity (Wildman–Crippen MR) is 120 cm³/mol. The smallest absolute Gasteiger partial charge is 0.332 e. The second kappa shape index (κ2) is 17.5. The number of hydrogen-bond acceptors (Lipinski definition) is 2. The molecule has 0 aromatic rings. The summed E-state index contributed by atoms with van der Waals surface area (Å²) < 4.78 is 5.51. The van der Waals surface area contributed by atoms with Gasteiger partial charge in [0.2, 0.25) is 0 Å². The van der Waals surface area contributed by atoms with Crippen molar-refractivity contribution in [3.63, 3.8) is 0 Å². The summed E-state index contributed by atoms with van der Waals surface area (Å²) in [4.78, 5) is 11.3. The zero-order chi connectivity index (χ0) is 18.8. The van der Waals surface area contributed by atoms with Gasteiger partial charge >= 0.3 is 5.97 Å². The van der Waals surface area contributed by atoms with Crippen molar-refractivity contribution >= 4 is 21.9 Å². The molecule has 2 nitrogen and oxygen atoms in total. The Morgan fingerprint density at radius 2 is 1.60 bits per heavy atom. The van der Waals surface area contributed by atoms with Crippen molar-refractivity contribution < 1.29 is 16.7 Å². The maximum Gasteiger partial charge on any atom is 0.332 e. The minimum atomic E-state index is -0.656. The van der Waals surface area contributed by atoms with E-state index in [1.807, 2.05) is 6.92 Å². The number of halogens is 1. The van der Waals surface area contributed by atoms with Gasteiger partial charge in [-0.25, -0.2) is 4.79 Å². The molecule has 0 radical (unpaired) electrons. The normalized spacial score (nSPS) is 11.9. The summed E-state index contributed by atoms with van der Waals surface area (Å²) in [5.74, 6) is 11.9. The summed E-state index contributed by atoms with van der Waals surface area (Å²) in [6, 6.07) is 0. The van der Waals surface area contributed by atoms with Crippen LogP contribution >= 0.6 is 15.9 Å². The minimum Gasteiger partial charge on any atom is -0.461 e. The summed E-state index contributed by atoms with van der Waals surface area (Å²) in [7, 11) is 0. The van der Waals surface area contributed by atoms with Crippen molar-refractivity contribution in [1.82, 2.24) is 0 Å². The molecule has 0 aliphatic heterocycles. The van der Waals surface area contributed by atoms with Crippen LogP contribution in [0.5, 0.6) is 0 Å². The molecule has 25 heavy (non-hydrogen) atoms. The number of esters is 1. The lowest BCUT2D eigenvalue weighted by atomic mass is 10.0. The van der Waals surface area contributed by atoms with E-state index in [1.165, 1.54) is 51.4 Å². The first-order valence-electron chi connectivity index (χ1n) is 9.46. The highest BCUT2D eigenvalue weighted by Crippen LogP contribution is 2.15. The lowest BCUT2D eigenvalue weighted by Gasteiger charge is -2.16. The van der Waals surface area contributed by atoms with E-state index in [2.05, 4.69) is 52.5 Å². The maximum absolute atomic E-state index is 12.0. The van der Waals surface area contributed by atoms with Gasteiger partial charge in [0.15, 0.2) is 4.83 Å². The van der Waals surface area contributed by atoms with Crippen LogP contribution in [0.4, 0.5) is 0 Å². The molecule has 0 aromatic carbocycles. The van der Waals surface area contributed by atoms with E-state index in [4.69, 9.17) is 11.2 Å². The van der Waals surface area contributed by atoms with Gasteiger partial charge in [0.05, 0.1) is 0 Å². The molecule has 0 saturated carbocycles. The Labute approximate surface area is 170 Å².